The van der Waals surface area contributed by atoms with Crippen LogP contribution >= 0.6 is 0 Å². The summed E-state index contributed by atoms with van der Waals surface area (Å²) < 4.78 is 4.61. The van der Waals surface area contributed by atoms with E-state index in [0.717, 1.165) is 6.42 Å². The van der Waals surface area contributed by atoms with Crippen LogP contribution in [0.25, 0.3) is 0 Å². The maximum atomic E-state index is 9.77. The Morgan fingerprint density at radius 2 is 2.12 bits per heavy atom. The van der Waals surface area contributed by atoms with Crippen LogP contribution in [0.3, 0.4) is 0 Å². The van der Waals surface area contributed by atoms with E-state index in [2.05, 4.69) is 17.3 Å². The van der Waals surface area contributed by atoms with Crippen LogP contribution in [-0.4, -0.2) is 6.29 Å². The summed E-state index contributed by atoms with van der Waals surface area (Å²) in [6, 6.07) is 3.27. The van der Waals surface area contributed by atoms with Crippen molar-refractivity contribution < 1.29 is 9.21 Å². The van der Waals surface area contributed by atoms with Crippen molar-refractivity contribution >= 4 is 6.29 Å². The van der Waals surface area contributed by atoms with Gasteiger partial charge in [-0.1, -0.05) is 32.6 Å². The summed E-state index contributed by atoms with van der Waals surface area (Å²) in [5.74, 6) is 3.02. The summed E-state index contributed by atoms with van der Waals surface area (Å²) >= 11 is 0. The summed E-state index contributed by atoms with van der Waals surface area (Å²) in [6.07, 6.45) is 14.8. The molecule has 0 saturated carbocycles. The number of rotatable bonds is 6. The third kappa shape index (κ3) is 9.08. The summed E-state index contributed by atoms with van der Waals surface area (Å²) in [5.41, 5.74) is 0. The summed E-state index contributed by atoms with van der Waals surface area (Å²) in [7, 11) is 0. The van der Waals surface area contributed by atoms with Crippen molar-refractivity contribution in [2.45, 2.75) is 45.4 Å². The van der Waals surface area contributed by atoms with Crippen molar-refractivity contribution in [1.29, 1.82) is 0 Å². The fourth-order valence-corrected chi connectivity index (χ4v) is 1.19. The van der Waals surface area contributed by atoms with Crippen LogP contribution in [0.4, 0.5) is 0 Å². The number of aldehydes is 1. The Labute approximate surface area is 98.0 Å². The zero-order valence-electron chi connectivity index (χ0n) is 9.95. The van der Waals surface area contributed by atoms with E-state index in [1.807, 2.05) is 0 Å². The second-order valence-corrected chi connectivity index (χ2v) is 3.50. The lowest BCUT2D eigenvalue weighted by molar-refractivity contribution is 0.110. The van der Waals surface area contributed by atoms with Crippen LogP contribution < -0.4 is 0 Å². The molecule has 0 spiro atoms. The van der Waals surface area contributed by atoms with Crippen molar-refractivity contribution in [3.05, 3.63) is 24.2 Å². The number of hydrogen-bond donors (Lipinski definition) is 0. The lowest BCUT2D eigenvalue weighted by Crippen LogP contribution is -1.75. The molecule has 88 valence electrons. The van der Waals surface area contributed by atoms with Crippen molar-refractivity contribution in [1.82, 2.24) is 0 Å². The molecule has 1 rings (SSSR count). The molecule has 0 aliphatic rings. The Bertz CT molecular complexity index is 280. The molecule has 0 bridgehead atoms. The Morgan fingerprint density at radius 1 is 1.38 bits per heavy atom. The predicted octanol–water partition coefficient (Wildman–Crippen LogP) is 4.07. The van der Waals surface area contributed by atoms with Gasteiger partial charge in [0, 0.05) is 6.42 Å². The molecule has 16 heavy (non-hydrogen) atoms. The summed E-state index contributed by atoms with van der Waals surface area (Å²) in [6.45, 7) is 2.22. The van der Waals surface area contributed by atoms with Gasteiger partial charge in [0.05, 0.1) is 6.26 Å². The van der Waals surface area contributed by atoms with Gasteiger partial charge in [0.15, 0.2) is 12.0 Å². The first-order valence-corrected chi connectivity index (χ1v) is 5.77. The van der Waals surface area contributed by atoms with Crippen LogP contribution in [0.1, 0.15) is 56.0 Å². The molecule has 2 heteroatoms. The van der Waals surface area contributed by atoms with Gasteiger partial charge in [0.25, 0.3) is 0 Å². The van der Waals surface area contributed by atoms with Gasteiger partial charge in [-0.15, -0.1) is 12.3 Å². The van der Waals surface area contributed by atoms with Crippen LogP contribution in [0.15, 0.2) is 22.8 Å². The highest BCUT2D eigenvalue weighted by Gasteiger charge is 1.85. The Hall–Kier alpha value is -1.49. The molecule has 2 nitrogen and oxygen atoms in total. The molecule has 1 aromatic heterocycles. The van der Waals surface area contributed by atoms with E-state index in [0.29, 0.717) is 12.0 Å². The van der Waals surface area contributed by atoms with Crippen LogP contribution in [0.5, 0.6) is 0 Å². The van der Waals surface area contributed by atoms with Gasteiger partial charge in [0.1, 0.15) is 0 Å². The maximum absolute atomic E-state index is 9.77. The summed E-state index contributed by atoms with van der Waals surface area (Å²) in [4.78, 5) is 9.77. The van der Waals surface area contributed by atoms with E-state index in [-0.39, 0.29) is 0 Å². The zero-order valence-corrected chi connectivity index (χ0v) is 9.95. The molecule has 0 aromatic carbocycles. The molecule has 0 atom stereocenters. The second-order valence-electron chi connectivity index (χ2n) is 3.50. The lowest BCUT2D eigenvalue weighted by atomic mass is 10.1. The molecule has 0 N–H and O–H groups in total. The average molecular weight is 220 g/mol. The quantitative estimate of drug-likeness (QED) is 0.411. The van der Waals surface area contributed by atoms with E-state index in [9.17, 15) is 4.79 Å². The lowest BCUT2D eigenvalue weighted by Gasteiger charge is -1.93. The number of unbranched alkanes of at least 4 members (excludes halogenated alkanes) is 5. The molecule has 0 saturated heterocycles. The minimum absolute atomic E-state index is 0.375. The van der Waals surface area contributed by atoms with Crippen LogP contribution in [-0.2, 0) is 0 Å². The normalized spacial score (nSPS) is 8.75. The van der Waals surface area contributed by atoms with Gasteiger partial charge in [-0.3, -0.25) is 4.79 Å². The Kier molecular flexibility index (Phi) is 10.5. The standard InChI is InChI=1S/C9H16.C5H4O2/c1-3-5-7-9-8-6-4-2;6-4-5-2-1-3-7-5/h1H,4-9H2,2H3;1-4H. The molecular formula is C14H20O2. The first-order valence-electron chi connectivity index (χ1n) is 5.77. The van der Waals surface area contributed by atoms with Crippen LogP contribution in [0.2, 0.25) is 0 Å². The molecule has 1 aromatic rings. The zero-order chi connectivity index (χ0) is 12.1. The SMILES string of the molecule is C#CCCCCCCC.O=Cc1ccco1. The minimum Gasteiger partial charge on any atom is -0.462 e. The van der Waals surface area contributed by atoms with Gasteiger partial charge in [-0.05, 0) is 18.6 Å². The van der Waals surface area contributed by atoms with E-state index in [1.54, 1.807) is 12.1 Å². The third-order valence-corrected chi connectivity index (χ3v) is 2.08. The second kappa shape index (κ2) is 11.6. The van der Waals surface area contributed by atoms with Gasteiger partial charge < -0.3 is 4.42 Å². The molecule has 0 fully saturated rings. The smallest absolute Gasteiger partial charge is 0.185 e. The topological polar surface area (TPSA) is 30.2 Å². The average Bonchev–Trinajstić information content (AvgIpc) is 2.83. The van der Waals surface area contributed by atoms with Crippen LogP contribution in [0, 0.1) is 12.3 Å². The fourth-order valence-electron chi connectivity index (χ4n) is 1.19. The van der Waals surface area contributed by atoms with Gasteiger partial charge >= 0.3 is 0 Å². The number of terminal acetylenes is 1. The third-order valence-electron chi connectivity index (χ3n) is 2.08. The van der Waals surface area contributed by atoms with Crippen molar-refractivity contribution in [2.24, 2.45) is 0 Å². The van der Waals surface area contributed by atoms with Crippen molar-refractivity contribution in [3.8, 4) is 12.3 Å². The van der Waals surface area contributed by atoms with Gasteiger partial charge in [-0.2, -0.15) is 0 Å². The van der Waals surface area contributed by atoms with Gasteiger partial charge in [-0.25, -0.2) is 0 Å². The molecule has 1 heterocycles. The number of carbonyl (C=O) groups excluding carboxylic acids is 1. The van der Waals surface area contributed by atoms with Crippen molar-refractivity contribution in [2.75, 3.05) is 0 Å². The number of hydrogen-bond acceptors (Lipinski definition) is 2. The molecule has 0 amide bonds. The van der Waals surface area contributed by atoms with E-state index < -0.39 is 0 Å². The highest BCUT2D eigenvalue weighted by molar-refractivity contribution is 5.69. The first-order chi connectivity index (χ1) is 7.85. The molecular weight excluding hydrogens is 200 g/mol. The number of furan rings is 1. The Balaban J connectivity index is 0.000000288. The van der Waals surface area contributed by atoms with Gasteiger partial charge in [0.2, 0.25) is 0 Å². The van der Waals surface area contributed by atoms with E-state index in [4.69, 9.17) is 6.42 Å². The number of carbonyl (C=O) groups is 1. The largest absolute Gasteiger partial charge is 0.462 e. The fraction of sp³-hybridized carbons (Fsp3) is 0.500. The molecule has 0 aliphatic carbocycles. The highest BCUT2D eigenvalue weighted by Crippen LogP contribution is 2.03. The first kappa shape index (κ1) is 14.5. The maximum Gasteiger partial charge on any atom is 0.185 e. The summed E-state index contributed by atoms with van der Waals surface area (Å²) in [5, 5.41) is 0. The monoisotopic (exact) mass is 220 g/mol. The molecule has 0 unspecified atom stereocenters. The minimum atomic E-state index is 0.375. The van der Waals surface area contributed by atoms with Crippen molar-refractivity contribution in [3.63, 3.8) is 0 Å². The molecule has 0 radical (unpaired) electrons. The van der Waals surface area contributed by atoms with E-state index in [1.165, 1.54) is 38.4 Å². The Morgan fingerprint density at radius 3 is 2.56 bits per heavy atom. The highest BCUT2D eigenvalue weighted by atomic mass is 16.3. The molecule has 0 aliphatic heterocycles. The van der Waals surface area contributed by atoms with E-state index >= 15 is 0 Å². The predicted molar refractivity (Wildman–Crippen MR) is 66.3 cm³/mol.